The Morgan fingerprint density at radius 1 is 0.348 bits per heavy atom. The first-order valence-corrected chi connectivity index (χ1v) is 28.5. The van der Waals surface area contributed by atoms with E-state index in [1.54, 1.807) is 0 Å². The zero-order chi connectivity index (χ0) is 47.7. The molecule has 0 aliphatic rings. The van der Waals surface area contributed by atoms with Gasteiger partial charge in [-0.25, -0.2) is 0 Å². The largest absolute Gasteiger partial charge is 0.462 e. The summed E-state index contributed by atoms with van der Waals surface area (Å²) in [7, 11) is 0. The quantitative estimate of drug-likeness (QED) is 0.0346. The highest BCUT2D eigenvalue weighted by Crippen LogP contribution is 2.15. The van der Waals surface area contributed by atoms with Crippen molar-refractivity contribution in [1.29, 1.82) is 0 Å². The van der Waals surface area contributed by atoms with Crippen molar-refractivity contribution in [1.82, 2.24) is 0 Å². The van der Waals surface area contributed by atoms with E-state index >= 15 is 0 Å². The van der Waals surface area contributed by atoms with Gasteiger partial charge in [-0.3, -0.25) is 9.59 Å². The molecule has 5 nitrogen and oxygen atoms in total. The van der Waals surface area contributed by atoms with Gasteiger partial charge in [-0.2, -0.15) is 0 Å². The van der Waals surface area contributed by atoms with Gasteiger partial charge in [-0.05, 0) is 109 Å². The van der Waals surface area contributed by atoms with Gasteiger partial charge >= 0.3 is 11.9 Å². The van der Waals surface area contributed by atoms with Crippen LogP contribution in [0.5, 0.6) is 0 Å². The van der Waals surface area contributed by atoms with E-state index < -0.39 is 6.10 Å². The van der Waals surface area contributed by atoms with Crippen LogP contribution in [0.2, 0.25) is 0 Å². The van der Waals surface area contributed by atoms with Crippen LogP contribution in [0.4, 0.5) is 0 Å². The molecule has 382 valence electrons. The SMILES string of the molecule is CC/C=C\C/C=C\C/C=C\CCCCCC(=O)OC(COCCCCCCCCCCCC/C=C\CCCCCCCC)COC(=O)CCCCCCCCC/C=C\C/C=C\CCCCC. The van der Waals surface area contributed by atoms with Gasteiger partial charge in [0.25, 0.3) is 0 Å². The number of hydrogen-bond donors (Lipinski definition) is 0. The van der Waals surface area contributed by atoms with Gasteiger partial charge in [-0.1, -0.05) is 229 Å². The van der Waals surface area contributed by atoms with Crippen LogP contribution < -0.4 is 0 Å². The van der Waals surface area contributed by atoms with Crippen molar-refractivity contribution in [3.8, 4) is 0 Å². The molecule has 0 saturated heterocycles. The van der Waals surface area contributed by atoms with Gasteiger partial charge in [0.1, 0.15) is 6.61 Å². The maximum atomic E-state index is 12.8. The van der Waals surface area contributed by atoms with Gasteiger partial charge in [0.2, 0.25) is 0 Å². The molecule has 0 spiro atoms. The topological polar surface area (TPSA) is 61.8 Å². The highest BCUT2D eigenvalue weighted by atomic mass is 16.6. The summed E-state index contributed by atoms with van der Waals surface area (Å²) in [5, 5.41) is 0. The second kappa shape index (κ2) is 56.7. The molecule has 0 aromatic heterocycles. The van der Waals surface area contributed by atoms with E-state index in [2.05, 4.69) is 93.7 Å². The fourth-order valence-corrected chi connectivity index (χ4v) is 7.96. The average molecular weight is 922 g/mol. The summed E-state index contributed by atoms with van der Waals surface area (Å²) in [6.45, 7) is 7.67. The van der Waals surface area contributed by atoms with E-state index in [0.717, 1.165) is 83.5 Å². The number of esters is 2. The zero-order valence-corrected chi connectivity index (χ0v) is 44.0. The van der Waals surface area contributed by atoms with Crippen molar-refractivity contribution in [2.75, 3.05) is 19.8 Å². The molecule has 0 N–H and O–H groups in total. The van der Waals surface area contributed by atoms with E-state index in [-0.39, 0.29) is 25.2 Å². The maximum absolute atomic E-state index is 12.8. The third-order valence-electron chi connectivity index (χ3n) is 12.2. The molecule has 66 heavy (non-hydrogen) atoms. The Hall–Kier alpha value is -2.66. The van der Waals surface area contributed by atoms with Crippen LogP contribution in [-0.4, -0.2) is 37.9 Å². The summed E-state index contributed by atoms with van der Waals surface area (Å²) in [6.07, 6.45) is 73.5. The maximum Gasteiger partial charge on any atom is 0.306 e. The first kappa shape index (κ1) is 63.3. The van der Waals surface area contributed by atoms with Crippen molar-refractivity contribution < 1.29 is 23.8 Å². The summed E-state index contributed by atoms with van der Waals surface area (Å²) < 4.78 is 17.4. The Morgan fingerprint density at radius 3 is 1.15 bits per heavy atom. The number of hydrogen-bond acceptors (Lipinski definition) is 5. The Bertz CT molecular complexity index is 1180. The normalized spacial score (nSPS) is 12.7. The molecule has 0 aromatic carbocycles. The van der Waals surface area contributed by atoms with Crippen LogP contribution in [-0.2, 0) is 23.8 Å². The average Bonchev–Trinajstić information content (AvgIpc) is 3.32. The van der Waals surface area contributed by atoms with Crippen molar-refractivity contribution in [3.05, 3.63) is 72.9 Å². The summed E-state index contributed by atoms with van der Waals surface area (Å²) >= 11 is 0. The second-order valence-electron chi connectivity index (χ2n) is 18.8. The lowest BCUT2D eigenvalue weighted by Crippen LogP contribution is -2.30. The minimum Gasteiger partial charge on any atom is -0.462 e. The third kappa shape index (κ3) is 54.0. The minimum atomic E-state index is -0.558. The van der Waals surface area contributed by atoms with Gasteiger partial charge < -0.3 is 14.2 Å². The van der Waals surface area contributed by atoms with Crippen LogP contribution >= 0.6 is 0 Å². The molecule has 0 heterocycles. The lowest BCUT2D eigenvalue weighted by Gasteiger charge is -2.18. The van der Waals surface area contributed by atoms with Gasteiger partial charge in [0.15, 0.2) is 6.10 Å². The van der Waals surface area contributed by atoms with Gasteiger partial charge in [-0.15, -0.1) is 0 Å². The fraction of sp³-hybridized carbons (Fsp3) is 0.770. The van der Waals surface area contributed by atoms with Crippen molar-refractivity contribution >= 4 is 11.9 Å². The molecule has 0 aliphatic heterocycles. The molecule has 1 atom stereocenters. The van der Waals surface area contributed by atoms with Crippen molar-refractivity contribution in [2.45, 2.75) is 284 Å². The Labute approximate surface area is 410 Å². The molecule has 0 aromatic rings. The number of unbranched alkanes of at least 4 members (excludes halogenated alkanes) is 29. The first-order chi connectivity index (χ1) is 32.6. The van der Waals surface area contributed by atoms with Crippen molar-refractivity contribution in [2.24, 2.45) is 0 Å². The van der Waals surface area contributed by atoms with Crippen molar-refractivity contribution in [3.63, 3.8) is 0 Å². The molecular formula is C61H108O5. The van der Waals surface area contributed by atoms with Gasteiger partial charge in [0.05, 0.1) is 6.61 Å². The van der Waals surface area contributed by atoms with E-state index in [1.165, 1.54) is 161 Å². The Kier molecular flexibility index (Phi) is 54.4. The molecule has 5 heteroatoms. The number of carbonyl (C=O) groups is 2. The van der Waals surface area contributed by atoms with E-state index in [4.69, 9.17) is 14.2 Å². The molecule has 0 rings (SSSR count). The lowest BCUT2D eigenvalue weighted by molar-refractivity contribution is -0.163. The van der Waals surface area contributed by atoms with E-state index in [9.17, 15) is 9.59 Å². The smallest absolute Gasteiger partial charge is 0.306 e. The molecule has 0 amide bonds. The second-order valence-corrected chi connectivity index (χ2v) is 18.8. The molecule has 1 unspecified atom stereocenters. The molecule has 0 radical (unpaired) electrons. The Balaban J connectivity index is 4.27. The summed E-state index contributed by atoms with van der Waals surface area (Å²) in [5.41, 5.74) is 0. The zero-order valence-electron chi connectivity index (χ0n) is 44.0. The Morgan fingerprint density at radius 2 is 0.682 bits per heavy atom. The number of rotatable bonds is 52. The predicted molar refractivity (Wildman–Crippen MR) is 288 cm³/mol. The van der Waals surface area contributed by atoms with Crippen LogP contribution in [0.25, 0.3) is 0 Å². The molecule has 0 fully saturated rings. The highest BCUT2D eigenvalue weighted by Gasteiger charge is 2.17. The van der Waals surface area contributed by atoms with Crippen LogP contribution in [0, 0.1) is 0 Å². The summed E-state index contributed by atoms with van der Waals surface area (Å²) in [6, 6.07) is 0. The number of ether oxygens (including phenoxy) is 3. The molecule has 0 aliphatic carbocycles. The molecule has 0 bridgehead atoms. The summed E-state index contributed by atoms with van der Waals surface area (Å²) in [5.74, 6) is -0.434. The fourth-order valence-electron chi connectivity index (χ4n) is 7.96. The first-order valence-electron chi connectivity index (χ1n) is 28.5. The highest BCUT2D eigenvalue weighted by molar-refractivity contribution is 5.70. The molecule has 0 saturated carbocycles. The monoisotopic (exact) mass is 921 g/mol. The van der Waals surface area contributed by atoms with E-state index in [0.29, 0.717) is 19.4 Å². The van der Waals surface area contributed by atoms with Gasteiger partial charge in [0, 0.05) is 19.4 Å². The van der Waals surface area contributed by atoms with Crippen LogP contribution in [0.1, 0.15) is 278 Å². The number of carbonyl (C=O) groups excluding carboxylic acids is 2. The molecular weight excluding hydrogens is 813 g/mol. The standard InChI is InChI=1S/C61H108O5/c1-4-7-10-13-16-19-22-25-27-29-30-31-33-35-38-41-44-47-50-53-56-64-57-59(66-61(63)55-52-49-46-43-40-36-24-21-18-15-12-9-6-3)58-65-60(62)54-51-48-45-42-39-37-34-32-28-26-23-20-17-14-11-8-5-2/h9,12,17-18,20-21,25-28,36,40,59H,4-8,10-11,13-16,19,22-24,29-35,37-39,41-58H2,1-3H3/b12-9-,20-17-,21-18-,27-25-,28-26-,40-36-. The van der Waals surface area contributed by atoms with Crippen LogP contribution in [0.15, 0.2) is 72.9 Å². The number of allylic oxidation sites excluding steroid dienone is 12. The van der Waals surface area contributed by atoms with Crippen LogP contribution in [0.3, 0.4) is 0 Å². The summed E-state index contributed by atoms with van der Waals surface area (Å²) in [4.78, 5) is 25.5. The van der Waals surface area contributed by atoms with E-state index in [1.807, 2.05) is 0 Å². The third-order valence-corrected chi connectivity index (χ3v) is 12.2. The predicted octanol–water partition coefficient (Wildman–Crippen LogP) is 19.5. The lowest BCUT2D eigenvalue weighted by atomic mass is 10.1. The minimum absolute atomic E-state index is 0.0678.